The van der Waals surface area contributed by atoms with E-state index in [4.69, 9.17) is 26.2 Å². The smallest absolute Gasteiger partial charge is 0.169 e. The van der Waals surface area contributed by atoms with Crippen molar-refractivity contribution < 1.29 is 14.6 Å². The fourth-order valence-electron chi connectivity index (χ4n) is 1.99. The first-order valence-corrected chi connectivity index (χ1v) is 6.94. The minimum Gasteiger partial charge on any atom is -0.493 e. The Morgan fingerprint density at radius 1 is 1.10 bits per heavy atom. The van der Waals surface area contributed by atoms with Gasteiger partial charge in [-0.25, -0.2) is 0 Å². The lowest BCUT2D eigenvalue weighted by molar-refractivity contribution is 0.280. The monoisotopic (exact) mass is 307 g/mol. The van der Waals surface area contributed by atoms with Crippen molar-refractivity contribution in [2.75, 3.05) is 14.2 Å². The van der Waals surface area contributed by atoms with Gasteiger partial charge in [0.15, 0.2) is 11.5 Å². The summed E-state index contributed by atoms with van der Waals surface area (Å²) in [5.41, 5.74) is 1.73. The number of hydrogen-bond donors (Lipinski definition) is 2. The van der Waals surface area contributed by atoms with Crippen LogP contribution in [0.25, 0.3) is 0 Å². The Hall–Kier alpha value is -1.75. The summed E-state index contributed by atoms with van der Waals surface area (Å²) in [5.74, 6) is 1.88. The molecule has 0 saturated carbocycles. The Kier molecular flexibility index (Phi) is 5.44. The number of nitrogens with one attached hydrogen (secondary N) is 1. The molecule has 2 N–H and O–H groups in total. The zero-order valence-electron chi connectivity index (χ0n) is 12.0. The lowest BCUT2D eigenvalue weighted by atomic mass is 10.2. The third kappa shape index (κ3) is 3.88. The van der Waals surface area contributed by atoms with Crippen molar-refractivity contribution in [1.29, 1.82) is 0 Å². The molecule has 0 bridgehead atoms. The maximum Gasteiger partial charge on any atom is 0.169 e. The quantitative estimate of drug-likeness (QED) is 0.859. The molecule has 0 aliphatic rings. The van der Waals surface area contributed by atoms with Crippen LogP contribution in [-0.4, -0.2) is 19.3 Å². The summed E-state index contributed by atoms with van der Waals surface area (Å²) in [4.78, 5) is 0. The molecule has 0 atom stereocenters. The first-order valence-electron chi connectivity index (χ1n) is 6.56. The van der Waals surface area contributed by atoms with Crippen molar-refractivity contribution in [2.45, 2.75) is 13.2 Å². The van der Waals surface area contributed by atoms with Crippen molar-refractivity contribution in [3.05, 3.63) is 52.5 Å². The SMILES string of the molecule is CNCc1cc(Cl)ccc1Oc1ccc(CO)cc1OC. The van der Waals surface area contributed by atoms with Gasteiger partial charge in [0.25, 0.3) is 0 Å². The summed E-state index contributed by atoms with van der Waals surface area (Å²) in [5, 5.41) is 12.9. The fraction of sp³-hybridized carbons (Fsp3) is 0.250. The Morgan fingerprint density at radius 3 is 2.52 bits per heavy atom. The average molecular weight is 308 g/mol. The first kappa shape index (κ1) is 15.6. The van der Waals surface area contributed by atoms with E-state index in [2.05, 4.69) is 5.32 Å². The summed E-state index contributed by atoms with van der Waals surface area (Å²) in [7, 11) is 3.43. The number of methoxy groups -OCH3 is 1. The molecule has 0 aromatic heterocycles. The number of ether oxygens (including phenoxy) is 2. The van der Waals surface area contributed by atoms with Crippen molar-refractivity contribution >= 4 is 11.6 Å². The van der Waals surface area contributed by atoms with Gasteiger partial charge in [-0.05, 0) is 42.9 Å². The van der Waals surface area contributed by atoms with E-state index in [-0.39, 0.29) is 6.61 Å². The van der Waals surface area contributed by atoms with Crippen molar-refractivity contribution in [1.82, 2.24) is 5.32 Å². The van der Waals surface area contributed by atoms with Crippen LogP contribution in [0, 0.1) is 0 Å². The van der Waals surface area contributed by atoms with Crippen LogP contribution in [0.2, 0.25) is 5.02 Å². The van der Waals surface area contributed by atoms with Crippen LogP contribution in [-0.2, 0) is 13.2 Å². The van der Waals surface area contributed by atoms with E-state index < -0.39 is 0 Å². The molecule has 0 radical (unpaired) electrons. The molecule has 0 saturated heterocycles. The number of aliphatic hydroxyl groups excluding tert-OH is 1. The van der Waals surface area contributed by atoms with E-state index in [0.717, 1.165) is 11.1 Å². The van der Waals surface area contributed by atoms with Crippen LogP contribution in [0.15, 0.2) is 36.4 Å². The molecule has 0 amide bonds. The molecule has 2 aromatic rings. The lowest BCUT2D eigenvalue weighted by Gasteiger charge is -2.14. The topological polar surface area (TPSA) is 50.7 Å². The predicted octanol–water partition coefficient (Wildman–Crippen LogP) is 3.35. The maximum atomic E-state index is 9.16. The number of rotatable bonds is 6. The highest BCUT2D eigenvalue weighted by molar-refractivity contribution is 6.30. The molecule has 21 heavy (non-hydrogen) atoms. The van der Waals surface area contributed by atoms with Gasteiger partial charge in [-0.3, -0.25) is 0 Å². The van der Waals surface area contributed by atoms with Gasteiger partial charge < -0.3 is 19.9 Å². The van der Waals surface area contributed by atoms with Gasteiger partial charge in [0, 0.05) is 17.1 Å². The van der Waals surface area contributed by atoms with Crippen LogP contribution < -0.4 is 14.8 Å². The molecule has 0 aliphatic carbocycles. The number of hydrogen-bond acceptors (Lipinski definition) is 4. The third-order valence-corrected chi connectivity index (χ3v) is 3.26. The van der Waals surface area contributed by atoms with E-state index in [9.17, 15) is 0 Å². The normalized spacial score (nSPS) is 10.5. The molecule has 2 rings (SSSR count). The van der Waals surface area contributed by atoms with E-state index >= 15 is 0 Å². The Bertz CT molecular complexity index is 616. The van der Waals surface area contributed by atoms with Gasteiger partial charge in [0.2, 0.25) is 0 Å². The van der Waals surface area contributed by atoms with Crippen LogP contribution in [0.4, 0.5) is 0 Å². The molecule has 5 heteroatoms. The zero-order valence-corrected chi connectivity index (χ0v) is 12.8. The molecule has 0 spiro atoms. The Morgan fingerprint density at radius 2 is 1.86 bits per heavy atom. The third-order valence-electron chi connectivity index (χ3n) is 3.02. The van der Waals surface area contributed by atoms with Crippen molar-refractivity contribution in [3.8, 4) is 17.2 Å². The fourth-order valence-corrected chi connectivity index (χ4v) is 2.18. The van der Waals surface area contributed by atoms with Crippen LogP contribution in [0.1, 0.15) is 11.1 Å². The van der Waals surface area contributed by atoms with E-state index in [1.807, 2.05) is 19.2 Å². The van der Waals surface area contributed by atoms with Crippen LogP contribution in [0.5, 0.6) is 17.2 Å². The van der Waals surface area contributed by atoms with Gasteiger partial charge in [-0.2, -0.15) is 0 Å². The molecular formula is C16H18ClNO3. The maximum absolute atomic E-state index is 9.16. The molecular weight excluding hydrogens is 290 g/mol. The first-order chi connectivity index (χ1) is 10.2. The van der Waals surface area contributed by atoms with Crippen LogP contribution in [0.3, 0.4) is 0 Å². The summed E-state index contributed by atoms with van der Waals surface area (Å²) in [6.45, 7) is 0.607. The van der Waals surface area contributed by atoms with Crippen molar-refractivity contribution in [2.24, 2.45) is 0 Å². The molecule has 0 unspecified atom stereocenters. The van der Waals surface area contributed by atoms with Gasteiger partial charge in [0.05, 0.1) is 13.7 Å². The lowest BCUT2D eigenvalue weighted by Crippen LogP contribution is -2.06. The predicted molar refractivity (Wildman–Crippen MR) is 83.2 cm³/mol. The van der Waals surface area contributed by atoms with Gasteiger partial charge in [-0.1, -0.05) is 17.7 Å². The molecule has 112 valence electrons. The number of benzene rings is 2. The molecule has 0 heterocycles. The standard InChI is InChI=1S/C16H18ClNO3/c1-18-9-12-8-13(17)4-6-14(12)21-15-5-3-11(10-19)7-16(15)20-2/h3-8,18-19H,9-10H2,1-2H3. The summed E-state index contributed by atoms with van der Waals surface area (Å²) >= 11 is 6.02. The van der Waals surface area contributed by atoms with Gasteiger partial charge >= 0.3 is 0 Å². The van der Waals surface area contributed by atoms with Gasteiger partial charge in [0.1, 0.15) is 5.75 Å². The Balaban J connectivity index is 2.33. The Labute approximate surface area is 129 Å². The van der Waals surface area contributed by atoms with E-state index in [1.165, 1.54) is 0 Å². The summed E-state index contributed by atoms with van der Waals surface area (Å²) in [6, 6.07) is 10.8. The number of halogens is 1. The highest BCUT2D eigenvalue weighted by Gasteiger charge is 2.10. The molecule has 0 aliphatic heterocycles. The second-order valence-corrected chi connectivity index (χ2v) is 4.96. The largest absolute Gasteiger partial charge is 0.493 e. The van der Waals surface area contributed by atoms with E-state index in [0.29, 0.717) is 28.8 Å². The highest BCUT2D eigenvalue weighted by atomic mass is 35.5. The average Bonchev–Trinajstić information content (AvgIpc) is 2.50. The minimum atomic E-state index is -0.0391. The number of aliphatic hydroxyl groups is 1. The highest BCUT2D eigenvalue weighted by Crippen LogP contribution is 2.34. The molecule has 2 aromatic carbocycles. The molecule has 4 nitrogen and oxygen atoms in total. The summed E-state index contributed by atoms with van der Waals surface area (Å²) in [6.07, 6.45) is 0. The second-order valence-electron chi connectivity index (χ2n) is 4.53. The second kappa shape index (κ2) is 7.31. The summed E-state index contributed by atoms with van der Waals surface area (Å²) < 4.78 is 11.2. The minimum absolute atomic E-state index is 0.0391. The van der Waals surface area contributed by atoms with E-state index in [1.54, 1.807) is 31.4 Å². The van der Waals surface area contributed by atoms with Gasteiger partial charge in [-0.15, -0.1) is 0 Å². The zero-order chi connectivity index (χ0) is 15.2. The van der Waals surface area contributed by atoms with Crippen molar-refractivity contribution in [3.63, 3.8) is 0 Å². The van der Waals surface area contributed by atoms with Crippen LogP contribution >= 0.6 is 11.6 Å². The molecule has 0 fully saturated rings.